The zero-order chi connectivity index (χ0) is 26.4. The number of methoxy groups -OCH3 is 1. The fourth-order valence-electron chi connectivity index (χ4n) is 4.90. The van der Waals surface area contributed by atoms with Gasteiger partial charge in [0.1, 0.15) is 17.3 Å². The van der Waals surface area contributed by atoms with E-state index < -0.39 is 18.0 Å². The Bertz CT molecular complexity index is 1500. The standard InChI is InChI=1S/C26H22F2N6O3S/c1-37-20-12-29-19(23(27)28)9-17(20)16-10-21(34-15-6-5-14(8-15)25(34)36)30-11-18(16)24(35)31-26-33-32-22(38-26)7-4-13-2-3-13/h9-15,23H,2-3,5-6,8H2,1H3,(H,31,33,35)/t14-,15+/m0/s1. The van der Waals surface area contributed by atoms with Crippen molar-refractivity contribution in [1.29, 1.82) is 0 Å². The monoisotopic (exact) mass is 536 g/mol. The highest BCUT2D eigenvalue weighted by atomic mass is 32.1. The first-order valence-electron chi connectivity index (χ1n) is 12.2. The molecule has 38 heavy (non-hydrogen) atoms. The van der Waals surface area contributed by atoms with Crippen molar-refractivity contribution >= 4 is 34.1 Å². The van der Waals surface area contributed by atoms with Gasteiger partial charge in [0, 0.05) is 35.2 Å². The molecule has 9 nitrogen and oxygen atoms in total. The number of hydrogen-bond acceptors (Lipinski definition) is 8. The SMILES string of the molecule is COc1cnc(C(F)F)cc1-c1cc(N2C(=O)[C@H]3CC[C@@H]2C3)ncc1C(=O)Nc1nnc(C#CC2CC2)s1. The summed E-state index contributed by atoms with van der Waals surface area (Å²) in [5.41, 5.74) is 0.139. The third-order valence-corrected chi connectivity index (χ3v) is 7.72. The second-order valence-electron chi connectivity index (χ2n) is 9.48. The minimum absolute atomic E-state index is 0.0134. The summed E-state index contributed by atoms with van der Waals surface area (Å²) in [5, 5.41) is 11.4. The maximum absolute atomic E-state index is 13.6. The van der Waals surface area contributed by atoms with Gasteiger partial charge in [-0.15, -0.1) is 10.2 Å². The first-order valence-corrected chi connectivity index (χ1v) is 13.0. The highest BCUT2D eigenvalue weighted by Gasteiger charge is 2.46. The van der Waals surface area contributed by atoms with Gasteiger partial charge in [0.15, 0.2) is 5.01 Å². The molecular formula is C26H22F2N6O3S. The number of aromatic nitrogens is 4. The Morgan fingerprint density at radius 1 is 1.16 bits per heavy atom. The minimum Gasteiger partial charge on any atom is -0.494 e. The first kappa shape index (κ1) is 24.4. The molecule has 4 heterocycles. The number of rotatable bonds is 6. The lowest BCUT2D eigenvalue weighted by atomic mass is 9.99. The van der Waals surface area contributed by atoms with Crippen molar-refractivity contribution in [2.75, 3.05) is 17.3 Å². The van der Waals surface area contributed by atoms with E-state index in [1.165, 1.54) is 25.6 Å². The zero-order valence-electron chi connectivity index (χ0n) is 20.3. The Hall–Kier alpha value is -3.98. The molecule has 0 spiro atoms. The number of piperidine rings is 1. The van der Waals surface area contributed by atoms with Gasteiger partial charge in [-0.3, -0.25) is 24.8 Å². The van der Waals surface area contributed by atoms with E-state index in [1.54, 1.807) is 11.0 Å². The summed E-state index contributed by atoms with van der Waals surface area (Å²) in [6.45, 7) is 0. The van der Waals surface area contributed by atoms with Crippen molar-refractivity contribution < 1.29 is 23.1 Å². The molecule has 3 aromatic rings. The van der Waals surface area contributed by atoms with Crippen LogP contribution in [0.2, 0.25) is 0 Å². The van der Waals surface area contributed by atoms with Crippen LogP contribution in [0.5, 0.6) is 5.75 Å². The Kier molecular flexibility index (Phi) is 6.23. The van der Waals surface area contributed by atoms with E-state index in [0.717, 1.165) is 43.4 Å². The highest BCUT2D eigenvalue weighted by molar-refractivity contribution is 7.15. The fourth-order valence-corrected chi connectivity index (χ4v) is 5.50. The summed E-state index contributed by atoms with van der Waals surface area (Å²) >= 11 is 1.14. The molecule has 2 amide bonds. The average molecular weight is 537 g/mol. The Morgan fingerprint density at radius 2 is 2.00 bits per heavy atom. The molecule has 0 radical (unpaired) electrons. The number of hydrogen-bond donors (Lipinski definition) is 1. The molecule has 2 bridgehead atoms. The normalized spacial score (nSPS) is 20.0. The van der Waals surface area contributed by atoms with E-state index in [0.29, 0.717) is 16.7 Å². The highest BCUT2D eigenvalue weighted by Crippen LogP contribution is 2.43. The van der Waals surface area contributed by atoms with Crippen molar-refractivity contribution in [1.82, 2.24) is 20.2 Å². The maximum Gasteiger partial charge on any atom is 0.280 e. The van der Waals surface area contributed by atoms with Gasteiger partial charge in [0.2, 0.25) is 11.0 Å². The van der Waals surface area contributed by atoms with E-state index in [9.17, 15) is 18.4 Å². The average Bonchev–Trinajstić information content (AvgIpc) is 3.29. The lowest BCUT2D eigenvalue weighted by Crippen LogP contribution is -2.37. The predicted molar refractivity (Wildman–Crippen MR) is 135 cm³/mol. The van der Waals surface area contributed by atoms with Gasteiger partial charge < -0.3 is 4.74 Å². The van der Waals surface area contributed by atoms with Crippen LogP contribution in [0.25, 0.3) is 11.1 Å². The van der Waals surface area contributed by atoms with Gasteiger partial charge >= 0.3 is 0 Å². The smallest absolute Gasteiger partial charge is 0.280 e. The molecule has 6 rings (SSSR count). The van der Waals surface area contributed by atoms with Crippen LogP contribution in [0.1, 0.15) is 59.6 Å². The number of carbonyl (C=O) groups excluding carboxylic acids is 2. The van der Waals surface area contributed by atoms with Crippen molar-refractivity contribution in [3.05, 3.63) is 40.8 Å². The summed E-state index contributed by atoms with van der Waals surface area (Å²) in [6.07, 6.45) is 4.34. The number of alkyl halides is 2. The molecule has 3 aromatic heterocycles. The van der Waals surface area contributed by atoms with Crippen LogP contribution in [0, 0.1) is 23.7 Å². The van der Waals surface area contributed by atoms with Crippen molar-refractivity contribution in [3.63, 3.8) is 0 Å². The molecule has 2 atom stereocenters. The molecule has 1 aliphatic heterocycles. The van der Waals surface area contributed by atoms with Crippen molar-refractivity contribution in [2.45, 2.75) is 44.6 Å². The molecule has 2 aliphatic carbocycles. The van der Waals surface area contributed by atoms with Gasteiger partial charge in [-0.2, -0.15) is 0 Å². The molecule has 1 saturated heterocycles. The van der Waals surface area contributed by atoms with E-state index >= 15 is 0 Å². The molecule has 3 aliphatic rings. The number of pyridine rings is 2. The second-order valence-corrected chi connectivity index (χ2v) is 10.5. The molecule has 1 N–H and O–H groups in total. The molecule has 0 aromatic carbocycles. The van der Waals surface area contributed by atoms with Gasteiger partial charge in [-0.1, -0.05) is 17.3 Å². The topological polar surface area (TPSA) is 110 Å². The summed E-state index contributed by atoms with van der Waals surface area (Å²) in [6, 6.07) is 2.79. The van der Waals surface area contributed by atoms with E-state index in [-0.39, 0.29) is 45.4 Å². The van der Waals surface area contributed by atoms with Gasteiger partial charge in [0.25, 0.3) is 12.3 Å². The van der Waals surface area contributed by atoms with Gasteiger partial charge in [0.05, 0.1) is 18.9 Å². The predicted octanol–water partition coefficient (Wildman–Crippen LogP) is 4.47. The van der Waals surface area contributed by atoms with E-state index in [2.05, 4.69) is 37.3 Å². The quantitative estimate of drug-likeness (QED) is 0.463. The number of amides is 2. The second kappa shape index (κ2) is 9.72. The molecule has 12 heteroatoms. The Labute approximate surface area is 220 Å². The molecule has 0 unspecified atom stereocenters. The summed E-state index contributed by atoms with van der Waals surface area (Å²) in [5.74, 6) is 6.40. The summed E-state index contributed by atoms with van der Waals surface area (Å²) in [7, 11) is 1.39. The number of carbonyl (C=O) groups is 2. The van der Waals surface area contributed by atoms with Crippen LogP contribution in [0.4, 0.5) is 19.7 Å². The molecular weight excluding hydrogens is 514 g/mol. The third-order valence-electron chi connectivity index (χ3n) is 6.97. The number of fused-ring (bicyclic) bond motifs is 2. The van der Waals surface area contributed by atoms with Gasteiger partial charge in [-0.25, -0.2) is 13.8 Å². The first-order chi connectivity index (χ1) is 18.4. The fraction of sp³-hybridized carbons (Fsp3) is 0.385. The summed E-state index contributed by atoms with van der Waals surface area (Å²) < 4.78 is 32.5. The molecule has 3 fully saturated rings. The number of ether oxygens (including phenoxy) is 1. The van der Waals surface area contributed by atoms with Gasteiger partial charge in [-0.05, 0) is 50.2 Å². The van der Waals surface area contributed by atoms with Crippen LogP contribution in [0.15, 0.2) is 24.5 Å². The molecule has 194 valence electrons. The van der Waals surface area contributed by atoms with Crippen molar-refractivity contribution in [3.8, 4) is 28.7 Å². The Morgan fingerprint density at radius 3 is 2.71 bits per heavy atom. The van der Waals surface area contributed by atoms with E-state index in [4.69, 9.17) is 4.74 Å². The van der Waals surface area contributed by atoms with E-state index in [1.807, 2.05) is 0 Å². The van der Waals surface area contributed by atoms with Crippen LogP contribution in [-0.2, 0) is 4.79 Å². The lowest BCUT2D eigenvalue weighted by molar-refractivity contribution is -0.121. The van der Waals surface area contributed by atoms with Crippen molar-refractivity contribution in [2.24, 2.45) is 11.8 Å². The van der Waals surface area contributed by atoms with Crippen LogP contribution in [-0.4, -0.2) is 45.1 Å². The number of nitrogens with one attached hydrogen (secondary N) is 1. The number of anilines is 2. The number of halogens is 2. The zero-order valence-corrected chi connectivity index (χ0v) is 21.1. The minimum atomic E-state index is -2.83. The Balaban J connectivity index is 1.39. The largest absolute Gasteiger partial charge is 0.494 e. The van der Waals surface area contributed by atoms with Crippen LogP contribution in [0.3, 0.4) is 0 Å². The lowest BCUT2D eigenvalue weighted by Gasteiger charge is -2.27. The third kappa shape index (κ3) is 4.58. The van der Waals surface area contributed by atoms with Crippen LogP contribution < -0.4 is 15.0 Å². The van der Waals surface area contributed by atoms with Crippen LogP contribution >= 0.6 is 11.3 Å². The number of nitrogens with zero attached hydrogens (tertiary/aromatic N) is 5. The summed E-state index contributed by atoms with van der Waals surface area (Å²) in [4.78, 5) is 36.2. The maximum atomic E-state index is 13.6. The molecule has 2 saturated carbocycles.